The molecule has 1 fully saturated rings. The fourth-order valence-corrected chi connectivity index (χ4v) is 2.35. The molecule has 0 aromatic carbocycles. The second kappa shape index (κ2) is 5.51. The summed E-state index contributed by atoms with van der Waals surface area (Å²) in [5.41, 5.74) is 5.58. The summed E-state index contributed by atoms with van der Waals surface area (Å²) < 4.78 is 0. The van der Waals surface area contributed by atoms with E-state index < -0.39 is 0 Å². The Morgan fingerprint density at radius 2 is 2.12 bits per heavy atom. The van der Waals surface area contributed by atoms with Crippen LogP contribution in [-0.2, 0) is 0 Å². The predicted octanol–water partition coefficient (Wildman–Crippen LogP) is 2.30. The lowest BCUT2D eigenvalue weighted by Gasteiger charge is -2.32. The molecule has 2 N–H and O–H groups in total. The first kappa shape index (κ1) is 11.7. The summed E-state index contributed by atoms with van der Waals surface area (Å²) in [4.78, 5) is 6.67. The lowest BCUT2D eigenvalue weighted by molar-refractivity contribution is 0.385. The fourth-order valence-electron chi connectivity index (χ4n) is 2.24. The first-order valence-electron chi connectivity index (χ1n) is 5.86. The zero-order valence-corrected chi connectivity index (χ0v) is 10.2. The van der Waals surface area contributed by atoms with Gasteiger partial charge >= 0.3 is 0 Å². The molecule has 88 valence electrons. The Bertz CT molecular complexity index is 318. The molecule has 1 aliphatic heterocycles. The predicted molar refractivity (Wildman–Crippen MR) is 67.9 cm³/mol. The van der Waals surface area contributed by atoms with Crippen molar-refractivity contribution in [2.45, 2.75) is 19.3 Å². The van der Waals surface area contributed by atoms with Crippen LogP contribution < -0.4 is 10.6 Å². The van der Waals surface area contributed by atoms with E-state index in [4.69, 9.17) is 17.3 Å². The molecule has 1 saturated heterocycles. The monoisotopic (exact) mass is 239 g/mol. The van der Waals surface area contributed by atoms with E-state index in [1.54, 1.807) is 6.20 Å². The van der Waals surface area contributed by atoms with Gasteiger partial charge in [0.05, 0.1) is 5.02 Å². The summed E-state index contributed by atoms with van der Waals surface area (Å²) in [6.07, 6.45) is 5.31. The van der Waals surface area contributed by atoms with Crippen molar-refractivity contribution in [3.05, 3.63) is 23.4 Å². The average Bonchev–Trinajstić information content (AvgIpc) is 2.32. The van der Waals surface area contributed by atoms with Crippen LogP contribution in [0.1, 0.15) is 19.3 Å². The Morgan fingerprint density at radius 3 is 2.69 bits per heavy atom. The Morgan fingerprint density at radius 1 is 1.38 bits per heavy atom. The van der Waals surface area contributed by atoms with Gasteiger partial charge < -0.3 is 10.6 Å². The SMILES string of the molecule is NCCC1CCN(c2ccc(Cl)cn2)CC1. The highest BCUT2D eigenvalue weighted by atomic mass is 35.5. The van der Waals surface area contributed by atoms with Crippen LogP contribution in [0.2, 0.25) is 5.02 Å². The third-order valence-electron chi connectivity index (χ3n) is 3.23. The molecule has 1 aliphatic rings. The third-order valence-corrected chi connectivity index (χ3v) is 3.45. The number of piperidine rings is 1. The average molecular weight is 240 g/mol. The molecule has 3 nitrogen and oxygen atoms in total. The number of aromatic nitrogens is 1. The molecular formula is C12H18ClN3. The van der Waals surface area contributed by atoms with Gasteiger partial charge in [0, 0.05) is 19.3 Å². The molecule has 0 radical (unpaired) electrons. The molecule has 0 atom stereocenters. The van der Waals surface area contributed by atoms with Crippen LogP contribution in [0.4, 0.5) is 5.82 Å². The van der Waals surface area contributed by atoms with Gasteiger partial charge in [0.25, 0.3) is 0 Å². The molecule has 0 aliphatic carbocycles. The molecule has 0 saturated carbocycles. The smallest absolute Gasteiger partial charge is 0.128 e. The van der Waals surface area contributed by atoms with Crippen molar-refractivity contribution in [2.24, 2.45) is 11.7 Å². The number of pyridine rings is 1. The van der Waals surface area contributed by atoms with Gasteiger partial charge in [-0.1, -0.05) is 11.6 Å². The Balaban J connectivity index is 1.91. The molecule has 0 spiro atoms. The molecule has 4 heteroatoms. The number of anilines is 1. The summed E-state index contributed by atoms with van der Waals surface area (Å²) in [7, 11) is 0. The van der Waals surface area contributed by atoms with Crippen LogP contribution in [0.3, 0.4) is 0 Å². The van der Waals surface area contributed by atoms with Gasteiger partial charge in [0.2, 0.25) is 0 Å². The zero-order chi connectivity index (χ0) is 11.4. The highest BCUT2D eigenvalue weighted by molar-refractivity contribution is 6.30. The van der Waals surface area contributed by atoms with Crippen molar-refractivity contribution in [3.63, 3.8) is 0 Å². The van der Waals surface area contributed by atoms with Crippen molar-refractivity contribution < 1.29 is 0 Å². The van der Waals surface area contributed by atoms with E-state index in [1.807, 2.05) is 12.1 Å². The zero-order valence-electron chi connectivity index (χ0n) is 9.40. The van der Waals surface area contributed by atoms with Crippen LogP contribution >= 0.6 is 11.6 Å². The van der Waals surface area contributed by atoms with E-state index >= 15 is 0 Å². The Hall–Kier alpha value is -0.800. The molecule has 2 rings (SSSR count). The van der Waals surface area contributed by atoms with Crippen LogP contribution in [0.25, 0.3) is 0 Å². The summed E-state index contributed by atoms with van der Waals surface area (Å²) in [5, 5.41) is 0.696. The summed E-state index contributed by atoms with van der Waals surface area (Å²) in [5.74, 6) is 1.84. The van der Waals surface area contributed by atoms with Crippen molar-refractivity contribution in [1.82, 2.24) is 4.98 Å². The van der Waals surface area contributed by atoms with E-state index in [1.165, 1.54) is 12.8 Å². The highest BCUT2D eigenvalue weighted by Crippen LogP contribution is 2.24. The Labute approximate surface area is 102 Å². The quantitative estimate of drug-likeness (QED) is 0.880. The van der Waals surface area contributed by atoms with E-state index in [0.29, 0.717) is 5.02 Å². The topological polar surface area (TPSA) is 42.1 Å². The third kappa shape index (κ3) is 2.86. The Kier molecular flexibility index (Phi) is 4.02. The number of hydrogen-bond donors (Lipinski definition) is 1. The maximum Gasteiger partial charge on any atom is 0.128 e. The van der Waals surface area contributed by atoms with Crippen molar-refractivity contribution in [2.75, 3.05) is 24.5 Å². The first-order chi connectivity index (χ1) is 7.79. The van der Waals surface area contributed by atoms with E-state index in [9.17, 15) is 0 Å². The van der Waals surface area contributed by atoms with Crippen molar-refractivity contribution >= 4 is 17.4 Å². The maximum absolute atomic E-state index is 5.82. The van der Waals surface area contributed by atoms with Gasteiger partial charge in [-0.2, -0.15) is 0 Å². The molecular weight excluding hydrogens is 222 g/mol. The lowest BCUT2D eigenvalue weighted by atomic mass is 9.94. The molecule has 0 unspecified atom stereocenters. The number of hydrogen-bond acceptors (Lipinski definition) is 3. The number of halogens is 1. The number of rotatable bonds is 3. The number of nitrogens with zero attached hydrogens (tertiary/aromatic N) is 2. The molecule has 16 heavy (non-hydrogen) atoms. The van der Waals surface area contributed by atoms with Gasteiger partial charge in [-0.05, 0) is 43.9 Å². The van der Waals surface area contributed by atoms with E-state index in [2.05, 4.69) is 9.88 Å². The van der Waals surface area contributed by atoms with Crippen LogP contribution in [0.15, 0.2) is 18.3 Å². The first-order valence-corrected chi connectivity index (χ1v) is 6.24. The second-order valence-corrected chi connectivity index (χ2v) is 4.78. The molecule has 0 bridgehead atoms. The summed E-state index contributed by atoms with van der Waals surface area (Å²) in [6.45, 7) is 2.97. The molecule has 2 heterocycles. The van der Waals surface area contributed by atoms with Gasteiger partial charge in [-0.15, -0.1) is 0 Å². The minimum absolute atomic E-state index is 0.696. The molecule has 0 amide bonds. The second-order valence-electron chi connectivity index (χ2n) is 4.34. The van der Waals surface area contributed by atoms with Gasteiger partial charge in [-0.25, -0.2) is 4.98 Å². The summed E-state index contributed by atoms with van der Waals surface area (Å²) >= 11 is 5.82. The van der Waals surface area contributed by atoms with E-state index in [0.717, 1.165) is 37.8 Å². The van der Waals surface area contributed by atoms with Crippen molar-refractivity contribution in [1.29, 1.82) is 0 Å². The summed E-state index contributed by atoms with van der Waals surface area (Å²) in [6, 6.07) is 3.89. The normalized spacial score (nSPS) is 17.8. The van der Waals surface area contributed by atoms with Crippen molar-refractivity contribution in [3.8, 4) is 0 Å². The fraction of sp³-hybridized carbons (Fsp3) is 0.583. The highest BCUT2D eigenvalue weighted by Gasteiger charge is 2.19. The largest absolute Gasteiger partial charge is 0.357 e. The van der Waals surface area contributed by atoms with Crippen LogP contribution in [0, 0.1) is 5.92 Å². The minimum atomic E-state index is 0.696. The lowest BCUT2D eigenvalue weighted by Crippen LogP contribution is -2.34. The minimum Gasteiger partial charge on any atom is -0.357 e. The number of nitrogens with two attached hydrogens (primary N) is 1. The standard InChI is InChI=1S/C12H18ClN3/c13-11-1-2-12(15-9-11)16-7-4-10(3-6-14)5-8-16/h1-2,9-10H,3-8,14H2. The molecule has 1 aromatic heterocycles. The van der Waals surface area contributed by atoms with Crippen LogP contribution in [-0.4, -0.2) is 24.6 Å². The van der Waals surface area contributed by atoms with Gasteiger partial charge in [0.1, 0.15) is 5.82 Å². The van der Waals surface area contributed by atoms with Gasteiger partial charge in [-0.3, -0.25) is 0 Å². The van der Waals surface area contributed by atoms with E-state index in [-0.39, 0.29) is 0 Å². The maximum atomic E-state index is 5.82. The van der Waals surface area contributed by atoms with Crippen LogP contribution in [0.5, 0.6) is 0 Å². The van der Waals surface area contributed by atoms with Gasteiger partial charge in [0.15, 0.2) is 0 Å². The molecule has 1 aromatic rings.